The van der Waals surface area contributed by atoms with Gasteiger partial charge in [0, 0.05) is 19.5 Å². The summed E-state index contributed by atoms with van der Waals surface area (Å²) in [7, 11) is -2.37. The fourth-order valence-corrected chi connectivity index (χ4v) is 13.2. The molecule has 2 aromatic heterocycles. The van der Waals surface area contributed by atoms with Crippen LogP contribution in [-0.2, 0) is 10.8 Å². The first-order valence-electron chi connectivity index (χ1n) is 17.1. The minimum atomic E-state index is -2.37. The number of hydrogen-bond donors (Lipinski definition) is 0. The van der Waals surface area contributed by atoms with E-state index in [4.69, 9.17) is 9.10 Å². The van der Waals surface area contributed by atoms with Gasteiger partial charge in [0.15, 0.2) is 4.96 Å². The number of benzene rings is 5. The molecule has 224 valence electrons. The van der Waals surface area contributed by atoms with Crippen LogP contribution in [0.2, 0.25) is 13.1 Å². The van der Waals surface area contributed by atoms with Crippen molar-refractivity contribution < 1.29 is 4.11 Å². The summed E-state index contributed by atoms with van der Waals surface area (Å²) in [4.78, 5) is 8.49. The molecule has 2 nitrogen and oxygen atoms in total. The highest BCUT2D eigenvalue weighted by Gasteiger charge is 2.45. The standard InChI is InChI=1S/C40H38N2S2Si/c1-25-22-23-26(24-28(25)27-14-12-19-33-36(27)44-38-41-31-17-9-10-18-32(31)42(33)38)45(6,7)35-21-13-16-30-37(35)43-34-20-11-8-15-29(34)39(2,3)40(30,4)5/h8-24H,1-7H3/i1D3. The van der Waals surface area contributed by atoms with Crippen molar-refractivity contribution in [3.8, 4) is 11.1 Å². The fraction of sp³-hybridized carbons (Fsp3) is 0.225. The SMILES string of the molecule is [2H]C([2H])([2H])c1ccc([Si](C)(C)c2cccc3c2Sc2ccccc2C(C)(C)C3(C)C)cc1-c1cccc2c1sc1nc3ccccc3n12. The highest BCUT2D eigenvalue weighted by atomic mass is 32.2. The lowest BCUT2D eigenvalue weighted by Gasteiger charge is -2.43. The van der Waals surface area contributed by atoms with Gasteiger partial charge in [0.05, 0.1) is 21.3 Å². The molecule has 5 aromatic carbocycles. The van der Waals surface area contributed by atoms with E-state index < -0.39 is 14.9 Å². The number of imidazole rings is 1. The molecule has 0 N–H and O–H groups in total. The van der Waals surface area contributed by atoms with E-state index in [2.05, 4.69) is 118 Å². The van der Waals surface area contributed by atoms with Gasteiger partial charge in [0.1, 0.15) is 8.07 Å². The third-order valence-corrected chi connectivity index (χ3v) is 16.7. The van der Waals surface area contributed by atoms with E-state index in [1.165, 1.54) is 31.3 Å². The molecule has 0 unspecified atom stereocenters. The smallest absolute Gasteiger partial charge is 0.195 e. The van der Waals surface area contributed by atoms with Crippen LogP contribution in [0.15, 0.2) is 113 Å². The molecule has 0 aliphatic carbocycles. The van der Waals surface area contributed by atoms with E-state index in [9.17, 15) is 0 Å². The Morgan fingerprint density at radius 1 is 0.733 bits per heavy atom. The Bertz CT molecular complexity index is 2420. The second kappa shape index (κ2) is 9.93. The number of para-hydroxylation sites is 2. The third kappa shape index (κ3) is 4.10. The molecule has 0 saturated carbocycles. The Kier molecular flexibility index (Phi) is 5.63. The van der Waals surface area contributed by atoms with Crippen LogP contribution in [0.5, 0.6) is 0 Å². The monoisotopic (exact) mass is 641 g/mol. The Balaban J connectivity index is 1.34. The molecule has 1 aliphatic rings. The zero-order valence-electron chi connectivity index (χ0n) is 29.5. The second-order valence-corrected chi connectivity index (χ2v) is 20.3. The topological polar surface area (TPSA) is 17.3 Å². The largest absolute Gasteiger partial charge is 0.283 e. The first-order valence-corrected chi connectivity index (χ1v) is 20.2. The molecule has 0 amide bonds. The average molecular weight is 642 g/mol. The zero-order valence-corrected chi connectivity index (χ0v) is 29.2. The highest BCUT2D eigenvalue weighted by Crippen LogP contribution is 2.53. The normalized spacial score (nSPS) is 17.0. The summed E-state index contributed by atoms with van der Waals surface area (Å²) in [5.74, 6) is 0. The number of aromatic nitrogens is 2. The van der Waals surface area contributed by atoms with E-state index in [0.29, 0.717) is 5.56 Å². The molecule has 1 aliphatic heterocycles. The van der Waals surface area contributed by atoms with Gasteiger partial charge in [0.2, 0.25) is 0 Å². The number of fused-ring (bicyclic) bond motifs is 7. The quantitative estimate of drug-likeness (QED) is 0.179. The van der Waals surface area contributed by atoms with Crippen molar-refractivity contribution in [3.63, 3.8) is 0 Å². The fourth-order valence-electron chi connectivity index (χ4n) is 7.21. The minimum Gasteiger partial charge on any atom is -0.283 e. The summed E-state index contributed by atoms with van der Waals surface area (Å²) < 4.78 is 29.0. The van der Waals surface area contributed by atoms with Crippen molar-refractivity contribution in [2.75, 3.05) is 0 Å². The summed E-state index contributed by atoms with van der Waals surface area (Å²) in [6, 6.07) is 36.4. The molecule has 45 heavy (non-hydrogen) atoms. The number of rotatable bonds is 3. The number of thiazole rings is 1. The maximum Gasteiger partial charge on any atom is 0.195 e. The lowest BCUT2D eigenvalue weighted by atomic mass is 9.61. The first-order chi connectivity index (χ1) is 22.7. The Labute approximate surface area is 279 Å². The molecular weight excluding hydrogens is 601 g/mol. The molecule has 3 heterocycles. The molecule has 0 spiro atoms. The van der Waals surface area contributed by atoms with E-state index in [-0.39, 0.29) is 10.8 Å². The highest BCUT2D eigenvalue weighted by molar-refractivity contribution is 7.99. The van der Waals surface area contributed by atoms with E-state index >= 15 is 0 Å². The summed E-state index contributed by atoms with van der Waals surface area (Å²) in [6.45, 7) is 12.1. The van der Waals surface area contributed by atoms with Gasteiger partial charge in [-0.25, -0.2) is 4.98 Å². The van der Waals surface area contributed by atoms with Crippen molar-refractivity contribution in [2.45, 2.75) is 68.3 Å². The molecule has 8 rings (SSSR count). The average Bonchev–Trinajstić information content (AvgIpc) is 3.58. The lowest BCUT2D eigenvalue weighted by Crippen LogP contribution is -2.54. The van der Waals surface area contributed by atoms with Gasteiger partial charge in [-0.2, -0.15) is 0 Å². The second-order valence-electron chi connectivity index (χ2n) is 13.9. The van der Waals surface area contributed by atoms with Gasteiger partial charge in [0.25, 0.3) is 0 Å². The van der Waals surface area contributed by atoms with Crippen LogP contribution in [0.3, 0.4) is 0 Å². The molecule has 0 radical (unpaired) electrons. The maximum absolute atomic E-state index is 8.57. The van der Waals surface area contributed by atoms with Gasteiger partial charge in [-0.15, -0.1) is 0 Å². The molecule has 7 aromatic rings. The number of aryl methyl sites for hydroxylation is 1. The van der Waals surface area contributed by atoms with E-state index in [1.807, 2.05) is 42.1 Å². The summed E-state index contributed by atoms with van der Waals surface area (Å²) in [5.41, 5.74) is 7.76. The summed E-state index contributed by atoms with van der Waals surface area (Å²) in [6.07, 6.45) is 0. The third-order valence-electron chi connectivity index (χ3n) is 10.7. The van der Waals surface area contributed by atoms with Gasteiger partial charge < -0.3 is 0 Å². The van der Waals surface area contributed by atoms with Gasteiger partial charge in [-0.05, 0) is 69.4 Å². The zero-order chi connectivity index (χ0) is 33.8. The Hall–Kier alpha value is -3.64. The van der Waals surface area contributed by atoms with Crippen LogP contribution in [-0.4, -0.2) is 17.5 Å². The molecule has 0 saturated heterocycles. The van der Waals surface area contributed by atoms with Crippen LogP contribution >= 0.6 is 23.1 Å². The van der Waals surface area contributed by atoms with E-state index in [1.54, 1.807) is 11.3 Å². The Morgan fingerprint density at radius 2 is 1.44 bits per heavy atom. The van der Waals surface area contributed by atoms with Gasteiger partial charge in [-0.3, -0.25) is 4.40 Å². The van der Waals surface area contributed by atoms with Gasteiger partial charge >= 0.3 is 0 Å². The van der Waals surface area contributed by atoms with Crippen molar-refractivity contribution in [2.24, 2.45) is 0 Å². The van der Waals surface area contributed by atoms with Crippen LogP contribution < -0.4 is 10.4 Å². The van der Waals surface area contributed by atoms with Crippen LogP contribution in [0.1, 0.15) is 48.5 Å². The van der Waals surface area contributed by atoms with Crippen molar-refractivity contribution in [3.05, 3.63) is 120 Å². The predicted octanol–water partition coefficient (Wildman–Crippen LogP) is 10.2. The van der Waals surface area contributed by atoms with Crippen molar-refractivity contribution in [1.29, 1.82) is 0 Å². The number of hydrogen-bond acceptors (Lipinski definition) is 3. The van der Waals surface area contributed by atoms with Crippen molar-refractivity contribution in [1.82, 2.24) is 9.38 Å². The van der Waals surface area contributed by atoms with Crippen molar-refractivity contribution >= 4 is 67.8 Å². The Morgan fingerprint density at radius 3 is 2.29 bits per heavy atom. The van der Waals surface area contributed by atoms with E-state index in [0.717, 1.165) is 37.3 Å². The van der Waals surface area contributed by atoms with Crippen LogP contribution in [0, 0.1) is 6.85 Å². The maximum atomic E-state index is 8.57. The molecule has 5 heteroatoms. The molecule has 0 atom stereocenters. The molecule has 0 bridgehead atoms. The van der Waals surface area contributed by atoms with Gasteiger partial charge in [-0.1, -0.05) is 148 Å². The minimum absolute atomic E-state index is 0.0782. The van der Waals surface area contributed by atoms with Crippen LogP contribution in [0.4, 0.5) is 0 Å². The summed E-state index contributed by atoms with van der Waals surface area (Å²) in [5, 5.41) is 2.61. The predicted molar refractivity (Wildman–Crippen MR) is 198 cm³/mol. The first kappa shape index (κ1) is 25.5. The number of nitrogens with zero attached hydrogens (tertiary/aromatic N) is 2. The lowest BCUT2D eigenvalue weighted by molar-refractivity contribution is 0.296. The summed E-state index contributed by atoms with van der Waals surface area (Å²) >= 11 is 3.53. The molecule has 0 fully saturated rings. The van der Waals surface area contributed by atoms with Crippen LogP contribution in [0.25, 0.3) is 37.3 Å². The molecular formula is C40H38N2S2Si.